The molecule has 4 rings (SSSR count). The van der Waals surface area contributed by atoms with E-state index in [4.69, 9.17) is 4.74 Å². The van der Waals surface area contributed by atoms with Crippen molar-refractivity contribution in [2.45, 2.75) is 50.5 Å². The van der Waals surface area contributed by atoms with Gasteiger partial charge in [0.05, 0.1) is 23.8 Å². The summed E-state index contributed by atoms with van der Waals surface area (Å²) in [5.41, 5.74) is 0.641. The first-order chi connectivity index (χ1) is 12.1. The molecular weight excluding hydrogens is 330 g/mol. The topological polar surface area (TPSA) is 50.8 Å². The molecule has 4 atom stereocenters. The van der Waals surface area contributed by atoms with Gasteiger partial charge in [-0.15, -0.1) is 0 Å². The molecule has 25 heavy (non-hydrogen) atoms. The van der Waals surface area contributed by atoms with E-state index in [2.05, 4.69) is 10.1 Å². The van der Waals surface area contributed by atoms with Gasteiger partial charge >= 0.3 is 6.61 Å². The molecule has 3 fully saturated rings. The van der Waals surface area contributed by atoms with Crippen LogP contribution in [-0.2, 0) is 9.53 Å². The van der Waals surface area contributed by atoms with Crippen molar-refractivity contribution in [3.8, 4) is 5.75 Å². The summed E-state index contributed by atoms with van der Waals surface area (Å²) in [6.07, 6.45) is 3.96. The molecule has 0 aromatic heterocycles. The second-order valence-corrected chi connectivity index (χ2v) is 7.00. The van der Waals surface area contributed by atoms with E-state index in [0.29, 0.717) is 18.8 Å². The molecule has 0 spiro atoms. The van der Waals surface area contributed by atoms with Gasteiger partial charge in [-0.2, -0.15) is 8.78 Å². The van der Waals surface area contributed by atoms with E-state index in [1.54, 1.807) is 24.3 Å². The number of carbonyl (C=O) groups excluding carboxylic acids is 1. The molecule has 3 saturated heterocycles. The molecule has 0 aliphatic carbocycles. The van der Waals surface area contributed by atoms with Crippen molar-refractivity contribution < 1.29 is 23.0 Å². The van der Waals surface area contributed by atoms with Crippen molar-refractivity contribution in [1.29, 1.82) is 0 Å². The Labute approximate surface area is 145 Å². The number of carbonyl (C=O) groups is 1. The SMILES string of the molecule is O=C(N[C@H]1CCN(c2ccccc2OC(F)F)C1)[C@H]1C[C@H]2CC[C@H]1O2. The van der Waals surface area contributed by atoms with Gasteiger partial charge < -0.3 is 19.7 Å². The minimum absolute atomic E-state index is 0.0197. The van der Waals surface area contributed by atoms with Crippen molar-refractivity contribution in [3.63, 3.8) is 0 Å². The Morgan fingerprint density at radius 3 is 2.84 bits per heavy atom. The Balaban J connectivity index is 1.36. The third-order valence-electron chi connectivity index (χ3n) is 5.40. The van der Waals surface area contributed by atoms with Crippen molar-refractivity contribution >= 4 is 11.6 Å². The number of para-hydroxylation sites is 2. The molecule has 3 heterocycles. The monoisotopic (exact) mass is 352 g/mol. The quantitative estimate of drug-likeness (QED) is 0.885. The zero-order chi connectivity index (χ0) is 17.4. The number of benzene rings is 1. The lowest BCUT2D eigenvalue weighted by atomic mass is 9.88. The predicted octanol–water partition coefficient (Wildman–Crippen LogP) is 2.55. The average Bonchev–Trinajstić information content (AvgIpc) is 3.31. The fourth-order valence-corrected chi connectivity index (χ4v) is 4.23. The summed E-state index contributed by atoms with van der Waals surface area (Å²) in [7, 11) is 0. The molecule has 5 nitrogen and oxygen atoms in total. The van der Waals surface area contributed by atoms with Gasteiger partial charge in [0, 0.05) is 19.1 Å². The molecule has 1 aromatic rings. The van der Waals surface area contributed by atoms with Crippen LogP contribution in [0.2, 0.25) is 0 Å². The van der Waals surface area contributed by atoms with E-state index in [0.717, 1.165) is 25.7 Å². The fourth-order valence-electron chi connectivity index (χ4n) is 4.23. The van der Waals surface area contributed by atoms with Crippen molar-refractivity contribution in [2.75, 3.05) is 18.0 Å². The molecular formula is C18H22F2N2O3. The van der Waals surface area contributed by atoms with Crippen LogP contribution in [0.1, 0.15) is 25.7 Å². The molecule has 3 aliphatic rings. The number of hydrogen-bond donors (Lipinski definition) is 1. The highest BCUT2D eigenvalue weighted by Crippen LogP contribution is 2.39. The number of halogens is 2. The second kappa shape index (κ2) is 6.78. The predicted molar refractivity (Wildman–Crippen MR) is 87.8 cm³/mol. The molecule has 1 N–H and O–H groups in total. The van der Waals surface area contributed by atoms with Crippen LogP contribution in [0.3, 0.4) is 0 Å². The minimum atomic E-state index is -2.85. The lowest BCUT2D eigenvalue weighted by molar-refractivity contribution is -0.127. The van der Waals surface area contributed by atoms with Crippen LogP contribution >= 0.6 is 0 Å². The molecule has 1 aromatic carbocycles. The Hall–Kier alpha value is -1.89. The highest BCUT2D eigenvalue weighted by molar-refractivity contribution is 5.80. The van der Waals surface area contributed by atoms with Crippen LogP contribution in [0, 0.1) is 5.92 Å². The number of rotatable bonds is 5. The summed E-state index contributed by atoms with van der Waals surface area (Å²) in [5.74, 6) is 0.199. The molecule has 0 radical (unpaired) electrons. The molecule has 3 aliphatic heterocycles. The molecule has 7 heteroatoms. The van der Waals surface area contributed by atoms with E-state index in [9.17, 15) is 13.6 Å². The molecule has 2 bridgehead atoms. The Morgan fingerprint density at radius 1 is 1.28 bits per heavy atom. The molecule has 0 saturated carbocycles. The van der Waals surface area contributed by atoms with Gasteiger partial charge in [0.2, 0.25) is 5.91 Å². The van der Waals surface area contributed by atoms with E-state index in [1.807, 2.05) is 4.90 Å². The summed E-state index contributed by atoms with van der Waals surface area (Å²) in [6, 6.07) is 6.80. The van der Waals surface area contributed by atoms with Gasteiger partial charge in [-0.25, -0.2) is 0 Å². The standard InChI is InChI=1S/C18H22F2N2O3/c19-18(20)25-16-4-2-1-3-14(16)22-8-7-11(10-22)21-17(23)13-9-12-5-6-15(13)24-12/h1-4,11-13,15,18H,5-10H2,(H,21,23)/t11-,12+,13-,15+/m0/s1. The summed E-state index contributed by atoms with van der Waals surface area (Å²) >= 11 is 0. The van der Waals surface area contributed by atoms with Crippen LogP contribution in [-0.4, -0.2) is 43.9 Å². The average molecular weight is 352 g/mol. The van der Waals surface area contributed by atoms with E-state index < -0.39 is 6.61 Å². The van der Waals surface area contributed by atoms with Gasteiger partial charge in [-0.1, -0.05) is 12.1 Å². The molecule has 1 amide bonds. The smallest absolute Gasteiger partial charge is 0.387 e. The first-order valence-corrected chi connectivity index (χ1v) is 8.85. The number of nitrogens with zero attached hydrogens (tertiary/aromatic N) is 1. The fraction of sp³-hybridized carbons (Fsp3) is 0.611. The van der Waals surface area contributed by atoms with Crippen LogP contribution in [0.4, 0.5) is 14.5 Å². The van der Waals surface area contributed by atoms with Gasteiger partial charge in [0.15, 0.2) is 0 Å². The Kier molecular flexibility index (Phi) is 4.50. The lowest BCUT2D eigenvalue weighted by Crippen LogP contribution is -2.43. The highest BCUT2D eigenvalue weighted by Gasteiger charge is 2.45. The van der Waals surface area contributed by atoms with Crippen molar-refractivity contribution in [3.05, 3.63) is 24.3 Å². The van der Waals surface area contributed by atoms with Gasteiger partial charge in [0.25, 0.3) is 0 Å². The maximum absolute atomic E-state index is 12.6. The molecule has 136 valence electrons. The van der Waals surface area contributed by atoms with Crippen LogP contribution in [0.5, 0.6) is 5.75 Å². The van der Waals surface area contributed by atoms with E-state index in [1.165, 1.54) is 0 Å². The Bertz CT molecular complexity index is 643. The third kappa shape index (κ3) is 3.42. The number of ether oxygens (including phenoxy) is 2. The minimum Gasteiger partial charge on any atom is -0.433 e. The zero-order valence-electron chi connectivity index (χ0n) is 13.9. The largest absolute Gasteiger partial charge is 0.433 e. The lowest BCUT2D eigenvalue weighted by Gasteiger charge is -2.23. The number of nitrogens with one attached hydrogen (secondary N) is 1. The first-order valence-electron chi connectivity index (χ1n) is 8.85. The van der Waals surface area contributed by atoms with Crippen molar-refractivity contribution in [2.24, 2.45) is 5.92 Å². The summed E-state index contributed by atoms with van der Waals surface area (Å²) in [4.78, 5) is 14.5. The number of fused-ring (bicyclic) bond motifs is 2. The van der Waals surface area contributed by atoms with Crippen LogP contribution < -0.4 is 15.0 Å². The van der Waals surface area contributed by atoms with Gasteiger partial charge in [-0.05, 0) is 37.8 Å². The number of alkyl halides is 2. The number of amides is 1. The summed E-state index contributed by atoms with van der Waals surface area (Å²) in [5, 5.41) is 3.12. The van der Waals surface area contributed by atoms with E-state index in [-0.39, 0.29) is 35.8 Å². The molecule has 0 unspecified atom stereocenters. The normalized spacial score (nSPS) is 30.9. The number of anilines is 1. The summed E-state index contributed by atoms with van der Waals surface area (Å²) in [6.45, 7) is -1.56. The van der Waals surface area contributed by atoms with Gasteiger partial charge in [-0.3, -0.25) is 4.79 Å². The summed E-state index contributed by atoms with van der Waals surface area (Å²) < 4.78 is 35.5. The van der Waals surface area contributed by atoms with Gasteiger partial charge in [0.1, 0.15) is 5.75 Å². The second-order valence-electron chi connectivity index (χ2n) is 7.00. The van der Waals surface area contributed by atoms with Crippen LogP contribution in [0.25, 0.3) is 0 Å². The van der Waals surface area contributed by atoms with Crippen LogP contribution in [0.15, 0.2) is 24.3 Å². The zero-order valence-corrected chi connectivity index (χ0v) is 13.9. The third-order valence-corrected chi connectivity index (χ3v) is 5.40. The van der Waals surface area contributed by atoms with E-state index >= 15 is 0 Å². The van der Waals surface area contributed by atoms with Crippen molar-refractivity contribution in [1.82, 2.24) is 5.32 Å². The first kappa shape index (κ1) is 16.6. The highest BCUT2D eigenvalue weighted by atomic mass is 19.3. The maximum atomic E-state index is 12.6. The Morgan fingerprint density at radius 2 is 2.12 bits per heavy atom. The number of hydrogen-bond acceptors (Lipinski definition) is 4. The maximum Gasteiger partial charge on any atom is 0.387 e.